The van der Waals surface area contributed by atoms with Gasteiger partial charge in [0.05, 0.1) is 3.79 Å². The van der Waals surface area contributed by atoms with Gasteiger partial charge in [-0.15, -0.1) is 11.3 Å². The van der Waals surface area contributed by atoms with Crippen LogP contribution >= 0.6 is 27.3 Å². The summed E-state index contributed by atoms with van der Waals surface area (Å²) in [6.45, 7) is 1.04. The lowest BCUT2D eigenvalue weighted by Gasteiger charge is -2.06. The van der Waals surface area contributed by atoms with Crippen molar-refractivity contribution in [3.05, 3.63) is 50.6 Å². The molecule has 0 aliphatic rings. The second-order valence-electron chi connectivity index (χ2n) is 3.78. The number of benzene rings is 1. The van der Waals surface area contributed by atoms with Crippen LogP contribution in [0.1, 0.15) is 11.1 Å². The first kappa shape index (κ1) is 12.6. The summed E-state index contributed by atoms with van der Waals surface area (Å²) in [5.41, 5.74) is 3.55. The predicted molar refractivity (Wildman–Crippen MR) is 76.6 cm³/mol. The van der Waals surface area contributed by atoms with Crippen molar-refractivity contribution in [2.45, 2.75) is 13.0 Å². The minimum absolute atomic E-state index is 0.204. The highest BCUT2D eigenvalue weighted by atomic mass is 79.9. The van der Waals surface area contributed by atoms with Gasteiger partial charge in [-0.2, -0.15) is 0 Å². The highest BCUT2D eigenvalue weighted by molar-refractivity contribution is 9.11. The molecule has 0 radical (unpaired) electrons. The van der Waals surface area contributed by atoms with Gasteiger partial charge < -0.3 is 10.4 Å². The van der Waals surface area contributed by atoms with Crippen molar-refractivity contribution in [2.24, 2.45) is 0 Å². The standard InChI is InChI=1S/C13H14BrNOS/c14-13-7-11(9-17-13)8-15-12-3-1-10(2-4-12)5-6-16/h1-4,7,9,15-16H,5-6,8H2. The zero-order valence-corrected chi connectivity index (χ0v) is 11.7. The van der Waals surface area contributed by atoms with Crippen LogP contribution in [0.15, 0.2) is 39.5 Å². The van der Waals surface area contributed by atoms with Gasteiger partial charge in [-0.1, -0.05) is 12.1 Å². The summed E-state index contributed by atoms with van der Waals surface area (Å²) >= 11 is 5.15. The molecular formula is C13H14BrNOS. The summed E-state index contributed by atoms with van der Waals surface area (Å²) in [5.74, 6) is 0. The Morgan fingerprint density at radius 1 is 1.18 bits per heavy atom. The normalized spacial score (nSPS) is 10.5. The topological polar surface area (TPSA) is 32.3 Å². The smallest absolute Gasteiger partial charge is 0.0701 e. The van der Waals surface area contributed by atoms with Gasteiger partial charge in [-0.05, 0) is 57.1 Å². The molecule has 4 heteroatoms. The molecule has 17 heavy (non-hydrogen) atoms. The average Bonchev–Trinajstić information content (AvgIpc) is 2.75. The molecule has 90 valence electrons. The van der Waals surface area contributed by atoms with Gasteiger partial charge in [0.1, 0.15) is 0 Å². The molecule has 0 atom stereocenters. The van der Waals surface area contributed by atoms with Gasteiger partial charge in [0.15, 0.2) is 0 Å². The van der Waals surface area contributed by atoms with Crippen LogP contribution in [0.4, 0.5) is 5.69 Å². The van der Waals surface area contributed by atoms with Crippen molar-refractivity contribution in [3.63, 3.8) is 0 Å². The molecule has 0 aliphatic carbocycles. The van der Waals surface area contributed by atoms with Crippen molar-refractivity contribution < 1.29 is 5.11 Å². The molecule has 0 fully saturated rings. The lowest BCUT2D eigenvalue weighted by Crippen LogP contribution is -1.98. The minimum atomic E-state index is 0.204. The third-order valence-electron chi connectivity index (χ3n) is 2.47. The number of hydrogen-bond donors (Lipinski definition) is 2. The van der Waals surface area contributed by atoms with Crippen molar-refractivity contribution in [1.29, 1.82) is 0 Å². The van der Waals surface area contributed by atoms with Crippen LogP contribution in [0, 0.1) is 0 Å². The Balaban J connectivity index is 1.90. The highest BCUT2D eigenvalue weighted by Gasteiger charge is 1.98. The maximum Gasteiger partial charge on any atom is 0.0701 e. The molecule has 0 spiro atoms. The number of thiophene rings is 1. The van der Waals surface area contributed by atoms with Gasteiger partial charge in [-0.3, -0.25) is 0 Å². The zero-order valence-electron chi connectivity index (χ0n) is 9.32. The van der Waals surface area contributed by atoms with Crippen LogP contribution in [0.3, 0.4) is 0 Å². The SMILES string of the molecule is OCCc1ccc(NCc2csc(Br)c2)cc1. The van der Waals surface area contributed by atoms with Crippen molar-refractivity contribution >= 4 is 33.0 Å². The number of anilines is 1. The minimum Gasteiger partial charge on any atom is -0.396 e. The summed E-state index contributed by atoms with van der Waals surface area (Å²) in [4.78, 5) is 0. The van der Waals surface area contributed by atoms with Crippen molar-refractivity contribution in [2.75, 3.05) is 11.9 Å². The van der Waals surface area contributed by atoms with Crippen LogP contribution < -0.4 is 5.32 Å². The number of rotatable bonds is 5. The molecule has 1 aromatic carbocycles. The molecule has 0 unspecified atom stereocenters. The number of nitrogens with one attached hydrogen (secondary N) is 1. The molecule has 2 aromatic rings. The van der Waals surface area contributed by atoms with Crippen molar-refractivity contribution in [3.8, 4) is 0 Å². The van der Waals surface area contributed by atoms with Gasteiger partial charge in [0.25, 0.3) is 0 Å². The highest BCUT2D eigenvalue weighted by Crippen LogP contribution is 2.21. The summed E-state index contributed by atoms with van der Waals surface area (Å²) in [6, 6.07) is 10.3. The van der Waals surface area contributed by atoms with Gasteiger partial charge in [0, 0.05) is 18.8 Å². The Bertz CT molecular complexity index is 467. The van der Waals surface area contributed by atoms with E-state index >= 15 is 0 Å². The molecule has 0 aliphatic heterocycles. The third-order valence-corrected chi connectivity index (χ3v) is 4.03. The molecule has 0 amide bonds. The maximum atomic E-state index is 8.82. The molecule has 2 rings (SSSR count). The lowest BCUT2D eigenvalue weighted by atomic mass is 10.1. The molecular weight excluding hydrogens is 298 g/mol. The summed E-state index contributed by atoms with van der Waals surface area (Å²) in [5, 5.41) is 14.3. The fourth-order valence-electron chi connectivity index (χ4n) is 1.56. The number of aliphatic hydroxyl groups excluding tert-OH is 1. The van der Waals surface area contributed by atoms with E-state index in [-0.39, 0.29) is 6.61 Å². The Labute approximate surface area is 113 Å². The van der Waals surface area contributed by atoms with Crippen molar-refractivity contribution in [1.82, 2.24) is 0 Å². The lowest BCUT2D eigenvalue weighted by molar-refractivity contribution is 0.299. The van der Waals surface area contributed by atoms with E-state index in [1.165, 1.54) is 5.56 Å². The zero-order chi connectivity index (χ0) is 12.1. The van der Waals surface area contributed by atoms with E-state index < -0.39 is 0 Å². The first-order valence-corrected chi connectivity index (χ1v) is 7.12. The van der Waals surface area contributed by atoms with Crippen LogP contribution in [-0.2, 0) is 13.0 Å². The molecule has 0 bridgehead atoms. The van der Waals surface area contributed by atoms with Crippen LogP contribution in [0.5, 0.6) is 0 Å². The van der Waals surface area contributed by atoms with Crippen LogP contribution in [-0.4, -0.2) is 11.7 Å². The molecule has 0 saturated heterocycles. The molecule has 0 saturated carbocycles. The summed E-state index contributed by atoms with van der Waals surface area (Å²) in [6.07, 6.45) is 0.720. The largest absolute Gasteiger partial charge is 0.396 e. The monoisotopic (exact) mass is 311 g/mol. The molecule has 2 nitrogen and oxygen atoms in total. The van der Waals surface area contributed by atoms with Crippen LogP contribution in [0.25, 0.3) is 0 Å². The average molecular weight is 312 g/mol. The fourth-order valence-corrected chi connectivity index (χ4v) is 2.77. The Hall–Kier alpha value is -0.840. The van der Waals surface area contributed by atoms with E-state index in [2.05, 4.69) is 32.7 Å². The van der Waals surface area contributed by atoms with Gasteiger partial charge in [0.2, 0.25) is 0 Å². The maximum absolute atomic E-state index is 8.82. The fraction of sp³-hybridized carbons (Fsp3) is 0.231. The molecule has 2 N–H and O–H groups in total. The van der Waals surface area contributed by atoms with Crippen LogP contribution in [0.2, 0.25) is 0 Å². The number of halogens is 1. The number of hydrogen-bond acceptors (Lipinski definition) is 3. The Morgan fingerprint density at radius 2 is 1.94 bits per heavy atom. The van der Waals surface area contributed by atoms with E-state index in [0.717, 1.165) is 28.0 Å². The van der Waals surface area contributed by atoms with E-state index in [1.807, 2.05) is 24.3 Å². The summed E-state index contributed by atoms with van der Waals surface area (Å²) in [7, 11) is 0. The second kappa shape index (κ2) is 6.19. The Kier molecular flexibility index (Phi) is 4.59. The predicted octanol–water partition coefficient (Wildman–Crippen LogP) is 3.66. The van der Waals surface area contributed by atoms with E-state index in [4.69, 9.17) is 5.11 Å². The first-order valence-electron chi connectivity index (χ1n) is 5.44. The quantitative estimate of drug-likeness (QED) is 0.883. The Morgan fingerprint density at radius 3 is 2.53 bits per heavy atom. The van der Waals surface area contributed by atoms with E-state index in [0.29, 0.717) is 0 Å². The molecule has 1 heterocycles. The first-order chi connectivity index (χ1) is 8.28. The summed E-state index contributed by atoms with van der Waals surface area (Å²) < 4.78 is 1.16. The molecule has 1 aromatic heterocycles. The third kappa shape index (κ3) is 3.84. The number of aliphatic hydroxyl groups is 1. The second-order valence-corrected chi connectivity index (χ2v) is 6.07. The van der Waals surface area contributed by atoms with Gasteiger partial charge >= 0.3 is 0 Å². The van der Waals surface area contributed by atoms with Gasteiger partial charge in [-0.25, -0.2) is 0 Å². The van der Waals surface area contributed by atoms with E-state index in [9.17, 15) is 0 Å². The van der Waals surface area contributed by atoms with E-state index in [1.54, 1.807) is 11.3 Å².